The molecule has 0 spiro atoms. The molecule has 0 atom stereocenters. The lowest BCUT2D eigenvalue weighted by molar-refractivity contribution is 0.514. The van der Waals surface area contributed by atoms with Gasteiger partial charge in [0.15, 0.2) is 5.65 Å². The van der Waals surface area contributed by atoms with Gasteiger partial charge in [-0.1, -0.05) is 0 Å². The third kappa shape index (κ3) is 3.24. The summed E-state index contributed by atoms with van der Waals surface area (Å²) in [5.41, 5.74) is 12.6. The van der Waals surface area contributed by atoms with E-state index in [1.165, 1.54) is 0 Å². The van der Waals surface area contributed by atoms with Crippen molar-refractivity contribution >= 4 is 27.9 Å². The van der Waals surface area contributed by atoms with Gasteiger partial charge in [-0.2, -0.15) is 5.10 Å². The van der Waals surface area contributed by atoms with Gasteiger partial charge in [0, 0.05) is 54.1 Å². The summed E-state index contributed by atoms with van der Waals surface area (Å²) in [6, 6.07) is 6.27. The summed E-state index contributed by atoms with van der Waals surface area (Å²) in [5.74, 6) is 0.820. The zero-order chi connectivity index (χ0) is 23.5. The number of anilines is 1. The summed E-state index contributed by atoms with van der Waals surface area (Å²) in [4.78, 5) is 28.1. The van der Waals surface area contributed by atoms with Crippen molar-refractivity contribution in [2.45, 2.75) is 13.0 Å². The van der Waals surface area contributed by atoms with Crippen LogP contribution in [0.2, 0.25) is 0 Å². The molecule has 1 saturated heterocycles. The van der Waals surface area contributed by atoms with Crippen LogP contribution in [0.15, 0.2) is 55.5 Å². The van der Waals surface area contributed by atoms with Crippen molar-refractivity contribution in [2.75, 3.05) is 18.0 Å². The van der Waals surface area contributed by atoms with Crippen molar-refractivity contribution in [2.24, 2.45) is 5.73 Å². The number of H-pyrrole nitrogens is 2. The van der Waals surface area contributed by atoms with Gasteiger partial charge in [0.05, 0.1) is 47.2 Å². The number of aromatic nitrogens is 9. The van der Waals surface area contributed by atoms with Crippen LogP contribution in [-0.2, 0) is 0 Å². The molecule has 6 aromatic heterocycles. The van der Waals surface area contributed by atoms with Crippen molar-refractivity contribution in [3.63, 3.8) is 0 Å². The molecule has 0 aromatic carbocycles. The molecule has 0 aliphatic carbocycles. The van der Waals surface area contributed by atoms with E-state index >= 15 is 0 Å². The summed E-state index contributed by atoms with van der Waals surface area (Å²) in [7, 11) is 0. The molecule has 11 nitrogen and oxygen atoms in total. The minimum absolute atomic E-state index is 0.191. The molecule has 0 saturated carbocycles. The number of nitrogens with zero attached hydrogens (tertiary/aromatic N) is 8. The standard InChI is InChI=1S/C24H21N11/c1-13-9-35(12-29-13)20-2-3-27-23-16(20)5-18(31-23)22-17-4-14(6-28-24(17)33-32-22)19-7-26-8-21(30-19)34-10-15(25)11-34/h2-9,12,15H,10-11,25H2,1H3,(H,27,31)(H,28,32,33). The van der Waals surface area contributed by atoms with Gasteiger partial charge < -0.3 is 20.2 Å². The number of hydrogen-bond acceptors (Lipinski definition) is 8. The van der Waals surface area contributed by atoms with E-state index in [1.54, 1.807) is 24.8 Å². The first-order chi connectivity index (χ1) is 17.1. The number of rotatable bonds is 4. The average molecular weight is 464 g/mol. The van der Waals surface area contributed by atoms with Crippen molar-refractivity contribution in [3.05, 3.63) is 61.2 Å². The van der Waals surface area contributed by atoms with E-state index in [1.807, 2.05) is 36.1 Å². The topological polar surface area (TPSA) is 143 Å². The number of nitrogens with two attached hydrogens (primary N) is 1. The van der Waals surface area contributed by atoms with Crippen molar-refractivity contribution < 1.29 is 0 Å². The minimum atomic E-state index is 0.191. The van der Waals surface area contributed by atoms with Crippen LogP contribution in [-0.4, -0.2) is 63.8 Å². The Kier molecular flexibility index (Phi) is 4.20. The van der Waals surface area contributed by atoms with E-state index in [9.17, 15) is 0 Å². The predicted octanol–water partition coefficient (Wildman–Crippen LogP) is 2.60. The highest BCUT2D eigenvalue weighted by Gasteiger charge is 2.25. The second kappa shape index (κ2) is 7.43. The molecule has 7 heterocycles. The molecule has 1 aliphatic rings. The summed E-state index contributed by atoms with van der Waals surface area (Å²) in [6.45, 7) is 3.55. The lowest BCUT2D eigenvalue weighted by Gasteiger charge is -2.37. The quantitative estimate of drug-likeness (QED) is 0.362. The maximum atomic E-state index is 5.93. The first-order valence-corrected chi connectivity index (χ1v) is 11.3. The largest absolute Gasteiger partial charge is 0.352 e. The van der Waals surface area contributed by atoms with Crippen molar-refractivity contribution in [1.29, 1.82) is 0 Å². The van der Waals surface area contributed by atoms with Gasteiger partial charge in [0.2, 0.25) is 0 Å². The van der Waals surface area contributed by atoms with Crippen LogP contribution in [0.4, 0.5) is 5.82 Å². The Morgan fingerprint density at radius 3 is 2.80 bits per heavy atom. The number of hydrogen-bond donors (Lipinski definition) is 3. The molecule has 7 rings (SSSR count). The predicted molar refractivity (Wildman–Crippen MR) is 132 cm³/mol. The van der Waals surface area contributed by atoms with Gasteiger partial charge in [-0.15, -0.1) is 0 Å². The second-order valence-corrected chi connectivity index (χ2v) is 8.82. The monoisotopic (exact) mass is 463 g/mol. The van der Waals surface area contributed by atoms with Crippen molar-refractivity contribution in [1.82, 2.24) is 44.7 Å². The van der Waals surface area contributed by atoms with Crippen LogP contribution >= 0.6 is 0 Å². The van der Waals surface area contributed by atoms with E-state index in [4.69, 9.17) is 10.7 Å². The van der Waals surface area contributed by atoms with Gasteiger partial charge in [0.1, 0.15) is 11.5 Å². The van der Waals surface area contributed by atoms with Crippen LogP contribution in [0.3, 0.4) is 0 Å². The van der Waals surface area contributed by atoms with Crippen LogP contribution in [0, 0.1) is 6.92 Å². The number of fused-ring (bicyclic) bond motifs is 2. The molecule has 11 heteroatoms. The maximum absolute atomic E-state index is 5.93. The lowest BCUT2D eigenvalue weighted by atomic mass is 10.1. The SMILES string of the molecule is Cc1cn(-c2ccnc3[nH]c(-c4[nH]nc5ncc(-c6cncc(N7CC(N)C7)n6)cc45)cc23)cn1. The normalized spacial score (nSPS) is 14.2. The van der Waals surface area contributed by atoms with Crippen LogP contribution < -0.4 is 10.6 Å². The molecule has 172 valence electrons. The Labute approximate surface area is 199 Å². The van der Waals surface area contributed by atoms with Crippen LogP contribution in [0.1, 0.15) is 5.69 Å². The molecule has 0 unspecified atom stereocenters. The Hall–Kier alpha value is -4.64. The summed E-state index contributed by atoms with van der Waals surface area (Å²) in [5, 5.41) is 9.41. The zero-order valence-electron chi connectivity index (χ0n) is 18.8. The molecule has 1 aliphatic heterocycles. The van der Waals surface area contributed by atoms with Gasteiger partial charge in [-0.05, 0) is 25.1 Å². The maximum Gasteiger partial charge on any atom is 0.181 e. The first kappa shape index (κ1) is 19.8. The molecule has 0 amide bonds. The smallest absolute Gasteiger partial charge is 0.181 e. The molecule has 6 aromatic rings. The Balaban J connectivity index is 1.31. The van der Waals surface area contributed by atoms with E-state index < -0.39 is 0 Å². The molecule has 0 radical (unpaired) electrons. The summed E-state index contributed by atoms with van der Waals surface area (Å²) >= 11 is 0. The summed E-state index contributed by atoms with van der Waals surface area (Å²) < 4.78 is 2.00. The highest BCUT2D eigenvalue weighted by atomic mass is 15.3. The number of aryl methyl sites for hydroxylation is 1. The van der Waals surface area contributed by atoms with Crippen LogP contribution in [0.5, 0.6) is 0 Å². The third-order valence-corrected chi connectivity index (χ3v) is 6.33. The zero-order valence-corrected chi connectivity index (χ0v) is 18.8. The van der Waals surface area contributed by atoms with E-state index in [2.05, 4.69) is 46.1 Å². The molecular weight excluding hydrogens is 442 g/mol. The number of nitrogens with one attached hydrogen (secondary N) is 2. The first-order valence-electron chi connectivity index (χ1n) is 11.3. The fourth-order valence-electron chi connectivity index (χ4n) is 4.52. The Bertz CT molecular complexity index is 1700. The number of aromatic amines is 2. The van der Waals surface area contributed by atoms with Gasteiger partial charge in [0.25, 0.3) is 0 Å². The van der Waals surface area contributed by atoms with Gasteiger partial charge in [-0.25, -0.2) is 19.9 Å². The average Bonchev–Trinajstić information content (AvgIpc) is 3.59. The Morgan fingerprint density at radius 1 is 1.06 bits per heavy atom. The van der Waals surface area contributed by atoms with Crippen LogP contribution in [0.25, 0.3) is 50.4 Å². The van der Waals surface area contributed by atoms with Gasteiger partial charge >= 0.3 is 0 Å². The van der Waals surface area contributed by atoms with E-state index in [0.717, 1.165) is 69.4 Å². The minimum Gasteiger partial charge on any atom is -0.352 e. The lowest BCUT2D eigenvalue weighted by Crippen LogP contribution is -2.56. The second-order valence-electron chi connectivity index (χ2n) is 8.82. The van der Waals surface area contributed by atoms with E-state index in [-0.39, 0.29) is 6.04 Å². The summed E-state index contributed by atoms with van der Waals surface area (Å²) in [6.07, 6.45) is 10.9. The van der Waals surface area contributed by atoms with Gasteiger partial charge in [-0.3, -0.25) is 10.1 Å². The third-order valence-electron chi connectivity index (χ3n) is 6.33. The van der Waals surface area contributed by atoms with E-state index in [0.29, 0.717) is 5.65 Å². The molecule has 1 fully saturated rings. The fraction of sp³-hybridized carbons (Fsp3) is 0.167. The number of imidazole rings is 1. The van der Waals surface area contributed by atoms with Crippen molar-refractivity contribution in [3.8, 4) is 28.3 Å². The highest BCUT2D eigenvalue weighted by Crippen LogP contribution is 2.32. The number of pyridine rings is 2. The molecular formula is C24H21N11. The molecule has 35 heavy (non-hydrogen) atoms. The highest BCUT2D eigenvalue weighted by molar-refractivity contribution is 5.97. The molecule has 4 N–H and O–H groups in total. The fourth-order valence-corrected chi connectivity index (χ4v) is 4.52. The molecule has 0 bridgehead atoms. The Morgan fingerprint density at radius 2 is 1.97 bits per heavy atom.